The van der Waals surface area contributed by atoms with Crippen molar-refractivity contribution in [3.63, 3.8) is 0 Å². The van der Waals surface area contributed by atoms with Crippen LogP contribution in [0.3, 0.4) is 0 Å². The Morgan fingerprint density at radius 2 is 1.74 bits per heavy atom. The largest absolute Gasteiger partial charge is 0.315 e. The van der Waals surface area contributed by atoms with Gasteiger partial charge in [0.1, 0.15) is 0 Å². The van der Waals surface area contributed by atoms with E-state index in [-0.39, 0.29) is 0 Å². The molecule has 0 radical (unpaired) electrons. The summed E-state index contributed by atoms with van der Waals surface area (Å²) in [6, 6.07) is 0. The van der Waals surface area contributed by atoms with Crippen LogP contribution in [0.15, 0.2) is 0 Å². The van der Waals surface area contributed by atoms with Crippen molar-refractivity contribution in [3.8, 4) is 0 Å². The molecule has 0 bridgehead atoms. The van der Waals surface area contributed by atoms with Crippen LogP contribution in [0.25, 0.3) is 0 Å². The third-order valence-corrected chi connectivity index (χ3v) is 4.84. The number of sulfonamides is 1. The van der Waals surface area contributed by atoms with Crippen molar-refractivity contribution in [1.82, 2.24) is 14.5 Å². The minimum atomic E-state index is -3.00. The Balaban J connectivity index is 2.04. The maximum absolute atomic E-state index is 11.4. The molecule has 1 rings (SSSR count). The molecule has 5 nitrogen and oxygen atoms in total. The quantitative estimate of drug-likeness (QED) is 0.665. The zero-order valence-corrected chi connectivity index (χ0v) is 13.4. The Bertz CT molecular complexity index is 336. The first kappa shape index (κ1) is 16.9. The summed E-state index contributed by atoms with van der Waals surface area (Å²) < 4.78 is 24.3. The molecule has 0 aromatic carbocycles. The van der Waals surface area contributed by atoms with Gasteiger partial charge in [0, 0.05) is 39.3 Å². The van der Waals surface area contributed by atoms with Gasteiger partial charge in [-0.2, -0.15) is 4.31 Å². The monoisotopic (exact) mass is 291 g/mol. The molecule has 0 atom stereocenters. The number of rotatable bonds is 8. The smallest absolute Gasteiger partial charge is 0.211 e. The van der Waals surface area contributed by atoms with E-state index in [9.17, 15) is 8.42 Å². The molecule has 1 heterocycles. The van der Waals surface area contributed by atoms with Crippen LogP contribution in [0, 0.1) is 5.92 Å². The van der Waals surface area contributed by atoms with Gasteiger partial charge < -0.3 is 5.32 Å². The third-order valence-electron chi connectivity index (χ3n) is 3.54. The van der Waals surface area contributed by atoms with E-state index >= 15 is 0 Å². The van der Waals surface area contributed by atoms with Crippen molar-refractivity contribution in [3.05, 3.63) is 0 Å². The van der Waals surface area contributed by atoms with Gasteiger partial charge in [0.2, 0.25) is 10.0 Å². The van der Waals surface area contributed by atoms with Gasteiger partial charge in [0.05, 0.1) is 6.26 Å². The van der Waals surface area contributed by atoms with Gasteiger partial charge >= 0.3 is 0 Å². The Labute approximate surface area is 118 Å². The number of piperazine rings is 1. The van der Waals surface area contributed by atoms with Crippen LogP contribution in [0.5, 0.6) is 0 Å². The van der Waals surface area contributed by atoms with Crippen molar-refractivity contribution in [2.75, 3.05) is 52.1 Å². The molecule has 19 heavy (non-hydrogen) atoms. The van der Waals surface area contributed by atoms with Crippen molar-refractivity contribution >= 4 is 10.0 Å². The van der Waals surface area contributed by atoms with Gasteiger partial charge in [-0.1, -0.05) is 13.8 Å². The molecule has 0 aromatic rings. The molecule has 0 amide bonds. The SMILES string of the molecule is CC(C)CCCNCCN1CCN(S(C)(=O)=O)CC1. The van der Waals surface area contributed by atoms with Crippen molar-refractivity contribution < 1.29 is 8.42 Å². The topological polar surface area (TPSA) is 52.6 Å². The molecule has 1 fully saturated rings. The molecule has 0 saturated carbocycles. The van der Waals surface area contributed by atoms with Crippen molar-refractivity contribution in [1.29, 1.82) is 0 Å². The van der Waals surface area contributed by atoms with E-state index < -0.39 is 10.0 Å². The van der Waals surface area contributed by atoms with E-state index in [2.05, 4.69) is 24.1 Å². The Kier molecular flexibility index (Phi) is 7.28. The lowest BCUT2D eigenvalue weighted by Gasteiger charge is -2.33. The highest BCUT2D eigenvalue weighted by molar-refractivity contribution is 7.88. The molecular weight excluding hydrogens is 262 g/mol. The first-order chi connectivity index (χ1) is 8.89. The summed E-state index contributed by atoms with van der Waals surface area (Å²) in [6.07, 6.45) is 3.80. The van der Waals surface area contributed by atoms with Crippen LogP contribution in [0.1, 0.15) is 26.7 Å². The highest BCUT2D eigenvalue weighted by Gasteiger charge is 2.22. The molecular formula is C13H29N3O2S. The zero-order valence-electron chi connectivity index (χ0n) is 12.6. The number of hydrogen-bond acceptors (Lipinski definition) is 4. The maximum Gasteiger partial charge on any atom is 0.211 e. The lowest BCUT2D eigenvalue weighted by Crippen LogP contribution is -2.49. The van der Waals surface area contributed by atoms with Crippen molar-refractivity contribution in [2.45, 2.75) is 26.7 Å². The number of hydrogen-bond donors (Lipinski definition) is 1. The molecule has 0 unspecified atom stereocenters. The van der Waals surface area contributed by atoms with Gasteiger partial charge in [0.25, 0.3) is 0 Å². The average molecular weight is 291 g/mol. The Morgan fingerprint density at radius 3 is 2.26 bits per heavy atom. The molecule has 1 aliphatic heterocycles. The van der Waals surface area contributed by atoms with Gasteiger partial charge in [-0.25, -0.2) is 8.42 Å². The molecule has 0 aliphatic carbocycles. The van der Waals surface area contributed by atoms with Crippen LogP contribution in [0.2, 0.25) is 0 Å². The second-order valence-corrected chi connectivity index (χ2v) is 7.77. The van der Waals surface area contributed by atoms with Crippen LogP contribution in [-0.4, -0.2) is 69.7 Å². The van der Waals surface area contributed by atoms with E-state index in [0.717, 1.165) is 38.6 Å². The minimum Gasteiger partial charge on any atom is -0.315 e. The van der Waals surface area contributed by atoms with E-state index in [1.807, 2.05) is 0 Å². The van der Waals surface area contributed by atoms with Crippen LogP contribution >= 0.6 is 0 Å². The maximum atomic E-state index is 11.4. The standard InChI is InChI=1S/C13H29N3O2S/c1-13(2)5-4-6-14-7-8-15-9-11-16(12-10-15)19(3,17)18/h13-14H,4-12H2,1-3H3. The Hall–Kier alpha value is -0.170. The summed E-state index contributed by atoms with van der Waals surface area (Å²) in [5.74, 6) is 0.783. The predicted molar refractivity (Wildman–Crippen MR) is 79.8 cm³/mol. The lowest BCUT2D eigenvalue weighted by molar-refractivity contribution is 0.189. The zero-order chi connectivity index (χ0) is 14.3. The minimum absolute atomic E-state index is 0.631. The van der Waals surface area contributed by atoms with Crippen molar-refractivity contribution in [2.24, 2.45) is 5.92 Å². The van der Waals surface area contributed by atoms with Gasteiger partial charge in [-0.3, -0.25) is 4.90 Å². The fourth-order valence-electron chi connectivity index (χ4n) is 2.28. The summed E-state index contributed by atoms with van der Waals surface area (Å²) in [7, 11) is -3.00. The van der Waals surface area contributed by atoms with E-state index in [4.69, 9.17) is 0 Å². The molecule has 114 valence electrons. The molecule has 0 spiro atoms. The first-order valence-electron chi connectivity index (χ1n) is 7.28. The molecule has 1 saturated heterocycles. The van der Waals surface area contributed by atoms with Crippen LogP contribution < -0.4 is 5.32 Å². The normalized spacial score (nSPS) is 19.2. The average Bonchev–Trinajstić information content (AvgIpc) is 2.32. The van der Waals surface area contributed by atoms with E-state index in [1.165, 1.54) is 19.1 Å². The van der Waals surface area contributed by atoms with E-state index in [1.54, 1.807) is 4.31 Å². The third kappa shape index (κ3) is 7.25. The van der Waals surface area contributed by atoms with E-state index in [0.29, 0.717) is 13.1 Å². The van der Waals surface area contributed by atoms with Gasteiger partial charge in [0.15, 0.2) is 0 Å². The van der Waals surface area contributed by atoms with Gasteiger partial charge in [-0.05, 0) is 25.3 Å². The Morgan fingerprint density at radius 1 is 1.11 bits per heavy atom. The summed E-state index contributed by atoms with van der Waals surface area (Å²) >= 11 is 0. The number of nitrogens with zero attached hydrogens (tertiary/aromatic N) is 2. The summed E-state index contributed by atoms with van der Waals surface area (Å²) in [4.78, 5) is 2.33. The van der Waals surface area contributed by atoms with Crippen LogP contribution in [-0.2, 0) is 10.0 Å². The molecule has 1 N–H and O–H groups in total. The van der Waals surface area contributed by atoms with Gasteiger partial charge in [-0.15, -0.1) is 0 Å². The first-order valence-corrected chi connectivity index (χ1v) is 9.12. The second kappa shape index (κ2) is 8.19. The van der Waals surface area contributed by atoms with Crippen LogP contribution in [0.4, 0.5) is 0 Å². The highest BCUT2D eigenvalue weighted by atomic mass is 32.2. The molecule has 0 aromatic heterocycles. The lowest BCUT2D eigenvalue weighted by atomic mass is 10.1. The fourth-order valence-corrected chi connectivity index (χ4v) is 3.11. The predicted octanol–water partition coefficient (Wildman–Crippen LogP) is 0.589. The number of nitrogens with one attached hydrogen (secondary N) is 1. The summed E-state index contributed by atoms with van der Waals surface area (Å²) in [5, 5.41) is 3.46. The second-order valence-electron chi connectivity index (χ2n) is 5.79. The highest BCUT2D eigenvalue weighted by Crippen LogP contribution is 2.05. The molecule has 1 aliphatic rings. The molecule has 6 heteroatoms. The fraction of sp³-hybridized carbons (Fsp3) is 1.00. The summed E-state index contributed by atoms with van der Waals surface area (Å²) in [6.45, 7) is 10.6. The summed E-state index contributed by atoms with van der Waals surface area (Å²) in [5.41, 5.74) is 0.